The second-order valence-electron chi connectivity index (χ2n) is 6.29. The van der Waals surface area contributed by atoms with Gasteiger partial charge in [0.2, 0.25) is 0 Å². The summed E-state index contributed by atoms with van der Waals surface area (Å²) in [6.07, 6.45) is 0.922. The molecule has 0 bridgehead atoms. The minimum atomic E-state index is 0.136. The molecule has 0 saturated heterocycles. The summed E-state index contributed by atoms with van der Waals surface area (Å²) in [5, 5.41) is 3.49. The molecule has 20 heavy (non-hydrogen) atoms. The van der Waals surface area contributed by atoms with Crippen LogP contribution < -0.4 is 5.32 Å². The van der Waals surface area contributed by atoms with Crippen molar-refractivity contribution in [3.8, 4) is 0 Å². The molecule has 0 saturated carbocycles. The molecule has 112 valence electrons. The Labute approximate surface area is 131 Å². The Bertz CT molecular complexity index is 449. The lowest BCUT2D eigenvalue weighted by atomic mass is 10.1. The first kappa shape index (κ1) is 17.4. The highest BCUT2D eigenvalue weighted by molar-refractivity contribution is 9.10. The van der Waals surface area contributed by atoms with Crippen LogP contribution in [0.25, 0.3) is 0 Å². The Morgan fingerprint density at radius 1 is 1.35 bits per heavy atom. The highest BCUT2D eigenvalue weighted by Gasteiger charge is 2.09. The van der Waals surface area contributed by atoms with Gasteiger partial charge in [-0.1, -0.05) is 33.6 Å². The quantitative estimate of drug-likeness (QED) is 0.568. The van der Waals surface area contributed by atoms with Gasteiger partial charge in [-0.25, -0.2) is 0 Å². The van der Waals surface area contributed by atoms with Gasteiger partial charge in [0.15, 0.2) is 0 Å². The summed E-state index contributed by atoms with van der Waals surface area (Å²) >= 11 is 3.62. The third-order valence-corrected chi connectivity index (χ3v) is 3.61. The number of ether oxygens (including phenoxy) is 1. The highest BCUT2D eigenvalue weighted by Crippen LogP contribution is 2.20. The summed E-state index contributed by atoms with van der Waals surface area (Å²) in [4.78, 5) is 0. The number of rotatable bonds is 7. The zero-order chi connectivity index (χ0) is 15.2. The van der Waals surface area contributed by atoms with Gasteiger partial charge < -0.3 is 10.1 Å². The number of halogens is 1. The smallest absolute Gasteiger partial charge is 0.0727 e. The number of nitrogens with one attached hydrogen (secondary N) is 1. The van der Waals surface area contributed by atoms with Gasteiger partial charge in [0.1, 0.15) is 0 Å². The fourth-order valence-electron chi connectivity index (χ4n) is 1.61. The van der Waals surface area contributed by atoms with Gasteiger partial charge in [-0.15, -0.1) is 6.58 Å². The van der Waals surface area contributed by atoms with Crippen molar-refractivity contribution in [2.24, 2.45) is 0 Å². The molecule has 3 heteroatoms. The van der Waals surface area contributed by atoms with E-state index in [1.54, 1.807) is 0 Å². The summed E-state index contributed by atoms with van der Waals surface area (Å²) in [6.45, 7) is 14.7. The van der Waals surface area contributed by atoms with Crippen LogP contribution in [0, 0.1) is 0 Å². The Morgan fingerprint density at radius 2 is 2.05 bits per heavy atom. The largest absolute Gasteiger partial charge is 0.376 e. The Balaban J connectivity index is 2.49. The average Bonchev–Trinajstić information content (AvgIpc) is 2.33. The summed E-state index contributed by atoms with van der Waals surface area (Å²) < 4.78 is 6.77. The highest BCUT2D eigenvalue weighted by atomic mass is 79.9. The minimum absolute atomic E-state index is 0.136. The van der Waals surface area contributed by atoms with Crippen molar-refractivity contribution in [1.29, 1.82) is 0 Å². The van der Waals surface area contributed by atoms with Crippen molar-refractivity contribution in [3.63, 3.8) is 0 Å². The Hall–Kier alpha value is -0.640. The van der Waals surface area contributed by atoms with E-state index in [9.17, 15) is 0 Å². The predicted octanol–water partition coefficient (Wildman–Crippen LogP) is 4.82. The van der Waals surface area contributed by atoms with Crippen LogP contribution in [0.3, 0.4) is 0 Å². The maximum atomic E-state index is 5.66. The van der Waals surface area contributed by atoms with Crippen molar-refractivity contribution in [2.45, 2.75) is 52.8 Å². The Kier molecular flexibility index (Phi) is 6.93. The molecule has 0 spiro atoms. The predicted molar refractivity (Wildman–Crippen MR) is 89.8 cm³/mol. The van der Waals surface area contributed by atoms with E-state index in [1.807, 2.05) is 6.92 Å². The first-order chi connectivity index (χ1) is 9.28. The number of benzene rings is 1. The van der Waals surface area contributed by atoms with E-state index in [4.69, 9.17) is 4.74 Å². The zero-order valence-electron chi connectivity index (χ0n) is 13.1. The molecule has 1 aromatic rings. The van der Waals surface area contributed by atoms with Gasteiger partial charge in [0, 0.05) is 16.6 Å². The van der Waals surface area contributed by atoms with Crippen molar-refractivity contribution < 1.29 is 4.74 Å². The lowest BCUT2D eigenvalue weighted by Crippen LogP contribution is -2.35. The van der Waals surface area contributed by atoms with Crippen molar-refractivity contribution in [2.75, 3.05) is 6.61 Å². The molecular formula is C17H26BrNO. The van der Waals surface area contributed by atoms with Gasteiger partial charge in [-0.05, 0) is 51.3 Å². The molecule has 0 aromatic heterocycles. The zero-order valence-corrected chi connectivity index (χ0v) is 14.6. The number of hydrogen-bond acceptors (Lipinski definition) is 2. The molecule has 0 aliphatic rings. The average molecular weight is 340 g/mol. The van der Waals surface area contributed by atoms with E-state index >= 15 is 0 Å². The van der Waals surface area contributed by atoms with E-state index in [-0.39, 0.29) is 5.54 Å². The molecule has 0 radical (unpaired) electrons. The van der Waals surface area contributed by atoms with E-state index < -0.39 is 0 Å². The second kappa shape index (κ2) is 7.96. The third kappa shape index (κ3) is 7.22. The summed E-state index contributed by atoms with van der Waals surface area (Å²) in [7, 11) is 0. The van der Waals surface area contributed by atoms with Gasteiger partial charge in [0.05, 0.1) is 13.2 Å². The van der Waals surface area contributed by atoms with E-state index in [0.29, 0.717) is 6.61 Å². The van der Waals surface area contributed by atoms with E-state index in [1.165, 1.54) is 11.1 Å². The monoisotopic (exact) mass is 339 g/mol. The molecular weight excluding hydrogens is 314 g/mol. The Morgan fingerprint density at radius 3 is 2.60 bits per heavy atom. The van der Waals surface area contributed by atoms with Crippen molar-refractivity contribution >= 4 is 15.9 Å². The van der Waals surface area contributed by atoms with Crippen LogP contribution in [0.4, 0.5) is 0 Å². The van der Waals surface area contributed by atoms with E-state index in [2.05, 4.69) is 66.8 Å². The first-order valence-electron chi connectivity index (χ1n) is 7.02. The summed E-state index contributed by atoms with van der Waals surface area (Å²) in [5.41, 5.74) is 3.76. The molecule has 0 unspecified atom stereocenters. The first-order valence-corrected chi connectivity index (χ1v) is 7.82. The minimum Gasteiger partial charge on any atom is -0.376 e. The van der Waals surface area contributed by atoms with Gasteiger partial charge in [-0.2, -0.15) is 0 Å². The molecule has 2 nitrogen and oxygen atoms in total. The summed E-state index contributed by atoms with van der Waals surface area (Å²) in [5.74, 6) is 0. The molecule has 0 amide bonds. The van der Waals surface area contributed by atoms with Gasteiger partial charge in [0.25, 0.3) is 0 Å². The fraction of sp³-hybridized carbons (Fsp3) is 0.529. The molecule has 0 aliphatic heterocycles. The van der Waals surface area contributed by atoms with Crippen LogP contribution in [0.5, 0.6) is 0 Å². The lowest BCUT2D eigenvalue weighted by Gasteiger charge is -2.20. The van der Waals surface area contributed by atoms with Crippen LogP contribution in [0.15, 0.2) is 34.8 Å². The maximum Gasteiger partial charge on any atom is 0.0727 e. The lowest BCUT2D eigenvalue weighted by molar-refractivity contribution is 0.123. The fourth-order valence-corrected chi connectivity index (χ4v) is 2.15. The third-order valence-electron chi connectivity index (χ3n) is 2.87. The van der Waals surface area contributed by atoms with Crippen LogP contribution >= 0.6 is 15.9 Å². The van der Waals surface area contributed by atoms with Gasteiger partial charge in [-0.3, -0.25) is 0 Å². The van der Waals surface area contributed by atoms with Crippen LogP contribution in [0.2, 0.25) is 0 Å². The topological polar surface area (TPSA) is 21.3 Å². The van der Waals surface area contributed by atoms with Crippen molar-refractivity contribution in [1.82, 2.24) is 5.32 Å². The van der Waals surface area contributed by atoms with E-state index in [0.717, 1.165) is 29.6 Å². The van der Waals surface area contributed by atoms with Gasteiger partial charge >= 0.3 is 0 Å². The molecule has 1 rings (SSSR count). The molecule has 0 aliphatic carbocycles. The maximum absolute atomic E-state index is 5.66. The van der Waals surface area contributed by atoms with Crippen LogP contribution in [-0.2, 0) is 17.9 Å². The van der Waals surface area contributed by atoms with Crippen molar-refractivity contribution in [3.05, 3.63) is 46.0 Å². The molecule has 0 fully saturated rings. The molecule has 1 aromatic carbocycles. The molecule has 1 N–H and O–H groups in total. The number of hydrogen-bond donors (Lipinski definition) is 1. The molecule has 0 atom stereocenters. The normalized spacial score (nSPS) is 11.7. The molecule has 0 heterocycles. The van der Waals surface area contributed by atoms with Crippen LogP contribution in [-0.4, -0.2) is 12.1 Å². The van der Waals surface area contributed by atoms with Crippen LogP contribution in [0.1, 0.15) is 45.2 Å². The SMILES string of the molecule is C=C(C)CCOCc1ccc(CNC(C)(C)C)cc1Br. The summed E-state index contributed by atoms with van der Waals surface area (Å²) in [6, 6.07) is 6.45. The standard InChI is InChI=1S/C17H26BrNO/c1-13(2)8-9-20-12-15-7-6-14(10-16(15)18)11-19-17(3,4)5/h6-7,10,19H,1,8-9,11-12H2,2-5H3. The second-order valence-corrected chi connectivity index (χ2v) is 7.14.